The highest BCUT2D eigenvalue weighted by atomic mass is 32.1. The van der Waals surface area contributed by atoms with Crippen molar-refractivity contribution in [2.45, 2.75) is 39.3 Å². The summed E-state index contributed by atoms with van der Waals surface area (Å²) in [4.78, 5) is 6.82. The molecule has 1 heterocycles. The van der Waals surface area contributed by atoms with Crippen molar-refractivity contribution < 1.29 is 4.74 Å². The molecule has 5 heteroatoms. The number of hydrogen-bond acceptors (Lipinski definition) is 5. The van der Waals surface area contributed by atoms with E-state index in [4.69, 9.17) is 4.74 Å². The number of thiazole rings is 1. The zero-order chi connectivity index (χ0) is 13.6. The molecule has 18 heavy (non-hydrogen) atoms. The number of ether oxygens (including phenoxy) is 1. The lowest BCUT2D eigenvalue weighted by Gasteiger charge is -2.19. The molecule has 0 bridgehead atoms. The van der Waals surface area contributed by atoms with Crippen LogP contribution in [0.1, 0.15) is 32.9 Å². The van der Waals surface area contributed by atoms with E-state index in [0.717, 1.165) is 36.9 Å². The van der Waals surface area contributed by atoms with Crippen LogP contribution in [0.2, 0.25) is 0 Å². The Morgan fingerprint density at radius 3 is 2.78 bits per heavy atom. The predicted octanol–water partition coefficient (Wildman–Crippen LogP) is 2.50. The van der Waals surface area contributed by atoms with E-state index in [-0.39, 0.29) is 5.54 Å². The molecule has 0 aliphatic heterocycles. The molecule has 0 saturated carbocycles. The summed E-state index contributed by atoms with van der Waals surface area (Å²) in [5, 5.41) is 6.65. The maximum absolute atomic E-state index is 5.06. The number of methoxy groups -OCH3 is 1. The first-order valence-corrected chi connectivity index (χ1v) is 7.20. The highest BCUT2D eigenvalue weighted by Gasteiger charge is 2.11. The molecule has 0 fully saturated rings. The molecule has 1 aromatic rings. The van der Waals surface area contributed by atoms with E-state index in [1.165, 1.54) is 0 Å². The van der Waals surface area contributed by atoms with Gasteiger partial charge in [-0.25, -0.2) is 4.98 Å². The third-order valence-corrected chi connectivity index (χ3v) is 3.51. The molecule has 0 amide bonds. The van der Waals surface area contributed by atoms with E-state index in [1.807, 2.05) is 0 Å². The molecular formula is C13H25N3OS. The number of rotatable bonds is 7. The van der Waals surface area contributed by atoms with Gasteiger partial charge in [0.25, 0.3) is 0 Å². The minimum Gasteiger partial charge on any atom is -0.385 e. The van der Waals surface area contributed by atoms with Crippen LogP contribution in [0.25, 0.3) is 0 Å². The second-order valence-electron chi connectivity index (χ2n) is 5.49. The van der Waals surface area contributed by atoms with Gasteiger partial charge in [-0.2, -0.15) is 0 Å². The van der Waals surface area contributed by atoms with Gasteiger partial charge >= 0.3 is 0 Å². The first-order chi connectivity index (χ1) is 8.42. The third kappa shape index (κ3) is 5.80. The minimum absolute atomic E-state index is 0.133. The summed E-state index contributed by atoms with van der Waals surface area (Å²) >= 11 is 1.70. The van der Waals surface area contributed by atoms with Crippen LogP contribution in [0.5, 0.6) is 0 Å². The van der Waals surface area contributed by atoms with E-state index in [0.29, 0.717) is 0 Å². The van der Waals surface area contributed by atoms with Crippen LogP contribution in [0.15, 0.2) is 5.38 Å². The molecule has 0 aliphatic rings. The van der Waals surface area contributed by atoms with Crippen molar-refractivity contribution in [3.63, 3.8) is 0 Å². The number of aromatic nitrogens is 1. The highest BCUT2D eigenvalue weighted by molar-refractivity contribution is 7.13. The normalized spacial score (nSPS) is 11.8. The molecule has 1 aromatic heterocycles. The van der Waals surface area contributed by atoms with Crippen molar-refractivity contribution in [1.82, 2.24) is 10.3 Å². The molecule has 0 unspecified atom stereocenters. The molecule has 0 saturated heterocycles. The van der Waals surface area contributed by atoms with E-state index >= 15 is 0 Å². The second-order valence-corrected chi connectivity index (χ2v) is 6.33. The molecule has 0 radical (unpaired) electrons. The summed E-state index contributed by atoms with van der Waals surface area (Å²) in [6.07, 6.45) is 1.03. The molecule has 0 aliphatic carbocycles. The van der Waals surface area contributed by atoms with Crippen molar-refractivity contribution in [3.05, 3.63) is 11.1 Å². The Kier molecular flexibility index (Phi) is 6.05. The Balaban J connectivity index is 2.42. The summed E-state index contributed by atoms with van der Waals surface area (Å²) < 4.78 is 5.06. The topological polar surface area (TPSA) is 37.4 Å². The van der Waals surface area contributed by atoms with Crippen molar-refractivity contribution >= 4 is 16.5 Å². The number of nitrogens with zero attached hydrogens (tertiary/aromatic N) is 2. The van der Waals surface area contributed by atoms with Crippen molar-refractivity contribution in [2.75, 3.05) is 32.2 Å². The second kappa shape index (κ2) is 7.07. The minimum atomic E-state index is 0.133. The van der Waals surface area contributed by atoms with Gasteiger partial charge in [-0.3, -0.25) is 0 Å². The van der Waals surface area contributed by atoms with Gasteiger partial charge in [0.1, 0.15) is 0 Å². The van der Waals surface area contributed by atoms with Gasteiger partial charge in [0.15, 0.2) is 5.13 Å². The summed E-state index contributed by atoms with van der Waals surface area (Å²) in [7, 11) is 3.81. The Labute approximate surface area is 114 Å². The molecule has 1 rings (SSSR count). The monoisotopic (exact) mass is 271 g/mol. The van der Waals surface area contributed by atoms with Gasteiger partial charge < -0.3 is 15.0 Å². The largest absolute Gasteiger partial charge is 0.385 e. The fourth-order valence-corrected chi connectivity index (χ4v) is 2.27. The van der Waals surface area contributed by atoms with Crippen LogP contribution in [0, 0.1) is 0 Å². The van der Waals surface area contributed by atoms with Crippen molar-refractivity contribution in [2.24, 2.45) is 0 Å². The van der Waals surface area contributed by atoms with Crippen LogP contribution >= 0.6 is 11.3 Å². The Morgan fingerprint density at radius 2 is 2.17 bits per heavy atom. The van der Waals surface area contributed by atoms with Crippen LogP contribution in [0.4, 0.5) is 5.13 Å². The zero-order valence-corrected chi connectivity index (χ0v) is 12.9. The van der Waals surface area contributed by atoms with E-state index in [1.54, 1.807) is 18.4 Å². The van der Waals surface area contributed by atoms with Gasteiger partial charge in [-0.05, 0) is 27.2 Å². The van der Waals surface area contributed by atoms with Gasteiger partial charge in [0.2, 0.25) is 0 Å². The molecular weight excluding hydrogens is 246 g/mol. The Morgan fingerprint density at radius 1 is 1.44 bits per heavy atom. The molecule has 104 valence electrons. The lowest BCUT2D eigenvalue weighted by atomic mass is 10.1. The van der Waals surface area contributed by atoms with Crippen LogP contribution in [-0.4, -0.2) is 37.8 Å². The van der Waals surface area contributed by atoms with E-state index in [2.05, 4.69) is 48.4 Å². The predicted molar refractivity (Wildman–Crippen MR) is 78.5 cm³/mol. The third-order valence-electron chi connectivity index (χ3n) is 2.51. The van der Waals surface area contributed by atoms with E-state index in [9.17, 15) is 0 Å². The fraction of sp³-hybridized carbons (Fsp3) is 0.769. The summed E-state index contributed by atoms with van der Waals surface area (Å²) in [5.74, 6) is 0. The SMILES string of the molecule is COCCCN(C)c1nc(CNC(C)(C)C)cs1. The summed E-state index contributed by atoms with van der Waals surface area (Å²) in [5.41, 5.74) is 1.25. The van der Waals surface area contributed by atoms with Gasteiger partial charge in [0.05, 0.1) is 5.69 Å². The summed E-state index contributed by atoms with van der Waals surface area (Å²) in [6.45, 7) is 9.10. The van der Waals surface area contributed by atoms with Crippen LogP contribution in [0.3, 0.4) is 0 Å². The quantitative estimate of drug-likeness (QED) is 0.773. The van der Waals surface area contributed by atoms with Crippen LogP contribution in [-0.2, 0) is 11.3 Å². The fourth-order valence-electron chi connectivity index (χ4n) is 1.45. The number of nitrogens with one attached hydrogen (secondary N) is 1. The highest BCUT2D eigenvalue weighted by Crippen LogP contribution is 2.19. The average molecular weight is 271 g/mol. The molecule has 0 spiro atoms. The molecule has 1 N–H and O–H groups in total. The molecule has 4 nitrogen and oxygen atoms in total. The zero-order valence-electron chi connectivity index (χ0n) is 12.1. The Hall–Kier alpha value is -0.650. The Bertz CT molecular complexity index is 346. The smallest absolute Gasteiger partial charge is 0.185 e. The average Bonchev–Trinajstić information content (AvgIpc) is 2.74. The standard InChI is InChI=1S/C13H25N3OS/c1-13(2,3)14-9-11-10-18-12(15-11)16(4)7-6-8-17-5/h10,14H,6-9H2,1-5H3. The maximum Gasteiger partial charge on any atom is 0.185 e. The lowest BCUT2D eigenvalue weighted by molar-refractivity contribution is 0.196. The number of hydrogen-bond donors (Lipinski definition) is 1. The van der Waals surface area contributed by atoms with Gasteiger partial charge in [0, 0.05) is 44.8 Å². The summed E-state index contributed by atoms with van der Waals surface area (Å²) in [6, 6.07) is 0. The van der Waals surface area contributed by atoms with Crippen LogP contribution < -0.4 is 10.2 Å². The van der Waals surface area contributed by atoms with Gasteiger partial charge in [-0.1, -0.05) is 0 Å². The lowest BCUT2D eigenvalue weighted by Crippen LogP contribution is -2.35. The molecule has 0 aromatic carbocycles. The first kappa shape index (κ1) is 15.4. The van der Waals surface area contributed by atoms with E-state index < -0.39 is 0 Å². The molecule has 0 atom stereocenters. The van der Waals surface area contributed by atoms with Gasteiger partial charge in [-0.15, -0.1) is 11.3 Å². The number of anilines is 1. The first-order valence-electron chi connectivity index (χ1n) is 6.32. The van der Waals surface area contributed by atoms with Crippen molar-refractivity contribution in [1.29, 1.82) is 0 Å². The maximum atomic E-state index is 5.06. The van der Waals surface area contributed by atoms with Crippen molar-refractivity contribution in [3.8, 4) is 0 Å².